The Labute approximate surface area is 370 Å². The number of carbonyl (C=O) groups is 6. The number of aryl methyl sites for hydroxylation is 2. The molecule has 13 nitrogen and oxygen atoms in total. The van der Waals surface area contributed by atoms with E-state index in [4.69, 9.17) is 32.2 Å². The van der Waals surface area contributed by atoms with Crippen LogP contribution in [0, 0.1) is 11.8 Å². The molecule has 0 aliphatic carbocycles. The van der Waals surface area contributed by atoms with Crippen molar-refractivity contribution in [1.29, 1.82) is 0 Å². The van der Waals surface area contributed by atoms with E-state index in [9.17, 15) is 28.8 Å². The zero-order valence-corrected chi connectivity index (χ0v) is 41.6. The smallest absolute Gasteiger partial charge is 0.465 e. The van der Waals surface area contributed by atoms with Gasteiger partial charge < -0.3 is 41.8 Å². The molecule has 1 aromatic carbocycles. The molecule has 1 rings (SSSR count). The lowest BCUT2D eigenvalue weighted by Gasteiger charge is -2.26. The molecule has 0 bridgehead atoms. The lowest BCUT2D eigenvalue weighted by atomic mass is 9.89. The van der Waals surface area contributed by atoms with Crippen LogP contribution in [0.3, 0.4) is 0 Å². The third-order valence-electron chi connectivity index (χ3n) is 10.3. The lowest BCUT2D eigenvalue weighted by molar-refractivity contribution is -0.153. The highest BCUT2D eigenvalue weighted by Gasteiger charge is 2.40. The second kappa shape index (κ2) is 28.3. The van der Waals surface area contributed by atoms with Crippen LogP contribution in [0.1, 0.15) is 103 Å². The van der Waals surface area contributed by atoms with E-state index in [1.807, 2.05) is 38.1 Å². The summed E-state index contributed by atoms with van der Waals surface area (Å²) in [6.07, 6.45) is 6.42. The van der Waals surface area contributed by atoms with Gasteiger partial charge >= 0.3 is 32.7 Å². The molecule has 0 aliphatic rings. The molecule has 0 heterocycles. The van der Waals surface area contributed by atoms with E-state index in [2.05, 4.69) is 31.9 Å². The van der Waals surface area contributed by atoms with Crippen LogP contribution in [0.15, 0.2) is 24.3 Å². The van der Waals surface area contributed by atoms with E-state index >= 15 is 0 Å². The summed E-state index contributed by atoms with van der Waals surface area (Å²) in [5, 5.41) is 0. The molecule has 59 heavy (non-hydrogen) atoms. The van der Waals surface area contributed by atoms with Crippen LogP contribution in [-0.4, -0.2) is 109 Å². The molecule has 0 N–H and O–H groups in total. The molecular formula is C42H68Br2O13Si2. The number of esters is 4. The number of benzene rings is 1. The summed E-state index contributed by atoms with van der Waals surface area (Å²) in [6.45, 7) is 9.87. The number of halogens is 2. The van der Waals surface area contributed by atoms with Crippen molar-refractivity contribution in [2.24, 2.45) is 11.8 Å². The van der Waals surface area contributed by atoms with E-state index in [1.165, 1.54) is 21.3 Å². The van der Waals surface area contributed by atoms with Gasteiger partial charge in [0.1, 0.15) is 20.5 Å². The van der Waals surface area contributed by atoms with E-state index in [1.54, 1.807) is 20.4 Å². The molecule has 4 atom stereocenters. The van der Waals surface area contributed by atoms with Crippen molar-refractivity contribution in [2.45, 2.75) is 132 Å². The quantitative estimate of drug-likeness (QED) is 0.0167. The first-order chi connectivity index (χ1) is 27.9. The van der Waals surface area contributed by atoms with Crippen molar-refractivity contribution in [3.63, 3.8) is 0 Å². The number of hydrogen-bond acceptors (Lipinski definition) is 13. The highest BCUT2D eigenvalue weighted by Crippen LogP contribution is 2.33. The van der Waals surface area contributed by atoms with E-state index < -0.39 is 49.3 Å². The maximum Gasteiger partial charge on any atom is 0.500 e. The van der Waals surface area contributed by atoms with Gasteiger partial charge in [0, 0.05) is 27.4 Å². The van der Waals surface area contributed by atoms with Crippen molar-refractivity contribution in [1.82, 2.24) is 0 Å². The lowest BCUT2D eigenvalue weighted by Crippen LogP contribution is -2.43. The third kappa shape index (κ3) is 20.4. The molecule has 4 unspecified atom stereocenters. The summed E-state index contributed by atoms with van der Waals surface area (Å²) in [5.74, 6) is -1.44. The first-order valence-corrected chi connectivity index (χ1v) is 27.0. The average Bonchev–Trinajstić information content (AvgIpc) is 3.22. The van der Waals surface area contributed by atoms with E-state index in [0.29, 0.717) is 63.8 Å². The van der Waals surface area contributed by atoms with Crippen LogP contribution in [-0.2, 0) is 73.8 Å². The third-order valence-corrected chi connectivity index (χ3v) is 16.9. The molecule has 0 radical (unpaired) electrons. The van der Waals surface area contributed by atoms with E-state index in [-0.39, 0.29) is 38.0 Å². The molecule has 1 aromatic rings. The van der Waals surface area contributed by atoms with Gasteiger partial charge in [0.05, 0.1) is 38.3 Å². The van der Waals surface area contributed by atoms with Gasteiger partial charge in [0.15, 0.2) is 8.07 Å². The van der Waals surface area contributed by atoms with Crippen LogP contribution >= 0.6 is 31.9 Å². The van der Waals surface area contributed by atoms with Crippen molar-refractivity contribution in [3.8, 4) is 0 Å². The molecule has 17 heteroatoms. The van der Waals surface area contributed by atoms with Crippen molar-refractivity contribution in [2.75, 3.05) is 47.8 Å². The van der Waals surface area contributed by atoms with E-state index in [0.717, 1.165) is 48.6 Å². The topological polar surface area (TPSA) is 167 Å². The van der Waals surface area contributed by atoms with Crippen LogP contribution in [0.4, 0.5) is 0 Å². The van der Waals surface area contributed by atoms with Crippen LogP contribution < -0.4 is 0 Å². The fraction of sp³-hybridized carbons (Fsp3) is 0.714. The minimum Gasteiger partial charge on any atom is -0.465 e. The van der Waals surface area contributed by atoms with Gasteiger partial charge in [0.2, 0.25) is 0 Å². The fourth-order valence-corrected chi connectivity index (χ4v) is 10.1. The normalized spacial score (nSPS) is 14.9. The summed E-state index contributed by atoms with van der Waals surface area (Å²) in [6, 6.07) is 8.82. The Kier molecular flexibility index (Phi) is 26.3. The zero-order chi connectivity index (χ0) is 44.5. The second-order valence-electron chi connectivity index (χ2n) is 15.6. The van der Waals surface area contributed by atoms with Gasteiger partial charge in [-0.05, 0) is 95.2 Å². The molecule has 0 spiro atoms. The highest BCUT2D eigenvalue weighted by molar-refractivity contribution is 9.10. The molecule has 0 aromatic heterocycles. The highest BCUT2D eigenvalue weighted by atomic mass is 79.9. The number of carbonyl (C=O) groups excluding carboxylic acids is 6. The molecule has 0 saturated heterocycles. The minimum absolute atomic E-state index is 0.0631. The number of unbranched alkanes of at least 4 members (excludes halogenated alkanes) is 2. The Morgan fingerprint density at radius 1 is 0.627 bits per heavy atom. The Balaban J connectivity index is 2.97. The Morgan fingerprint density at radius 3 is 1.32 bits per heavy atom. The summed E-state index contributed by atoms with van der Waals surface area (Å²) in [4.78, 5) is 75.4. The predicted molar refractivity (Wildman–Crippen MR) is 238 cm³/mol. The van der Waals surface area contributed by atoms with Gasteiger partial charge in [0.25, 0.3) is 0 Å². The molecule has 0 saturated carbocycles. The first kappa shape index (κ1) is 54.7. The maximum atomic E-state index is 13.3. The van der Waals surface area contributed by atoms with Gasteiger partial charge in [-0.3, -0.25) is 19.2 Å². The molecule has 0 aliphatic heterocycles. The summed E-state index contributed by atoms with van der Waals surface area (Å²) >= 11 is 7.05. The number of hydrogen-bond donors (Lipinski definition) is 0. The number of ether oxygens (including phenoxy) is 4. The summed E-state index contributed by atoms with van der Waals surface area (Å²) in [7, 11) is -0.838. The zero-order valence-electron chi connectivity index (χ0n) is 36.4. The van der Waals surface area contributed by atoms with Crippen LogP contribution in [0.25, 0.3) is 0 Å². The average molecular weight is 997 g/mol. The second-order valence-corrected chi connectivity index (χ2v) is 26.2. The molecule has 0 amide bonds. The molecule has 0 fully saturated rings. The molecular weight excluding hydrogens is 928 g/mol. The van der Waals surface area contributed by atoms with Gasteiger partial charge in [-0.2, -0.15) is 0 Å². The van der Waals surface area contributed by atoms with Gasteiger partial charge in [-0.25, -0.2) is 0 Å². The monoisotopic (exact) mass is 994 g/mol. The standard InChI is InChI=1S/C42H68Br2O13Si2/c1-9-11-23-54-37(47)35(29-41(3,43)39(49)56-25-13-27-58(8,31-45)32-46)21-19-33-15-17-34(18-16-33)20-22-36(38(48)55-24-12-10-2)30-42(4,44)40(50)57-26-14-28-59(51-5,52-6)53-7/h15-18,31-32,35-36H,9-14,19-30H2,1-8H3. The Morgan fingerprint density at radius 2 is 0.983 bits per heavy atom. The first-order valence-electron chi connectivity index (χ1n) is 20.6. The van der Waals surface area contributed by atoms with Crippen LogP contribution in [0.5, 0.6) is 0 Å². The Hall–Kier alpha value is -2.29. The minimum atomic E-state index is -2.80. The fourth-order valence-electron chi connectivity index (χ4n) is 6.20. The Bertz CT molecular complexity index is 1420. The summed E-state index contributed by atoms with van der Waals surface area (Å²) in [5.41, 5.74) is 1.99. The molecule has 336 valence electrons. The number of rotatable bonds is 33. The summed E-state index contributed by atoms with van der Waals surface area (Å²) < 4.78 is 36.3. The van der Waals surface area contributed by atoms with Crippen molar-refractivity contribution in [3.05, 3.63) is 35.4 Å². The van der Waals surface area contributed by atoms with Gasteiger partial charge in [-0.15, -0.1) is 0 Å². The number of alkyl halides is 2. The SMILES string of the molecule is CCCCOC(=O)C(CCc1ccc(CCC(CC(C)(Br)C(=O)OCCC[Si](OC)(OC)OC)C(=O)OCCCC)cc1)CC(C)(Br)C(=O)OCCC[Si](C)(C=O)C=O. The van der Waals surface area contributed by atoms with Gasteiger partial charge in [-0.1, -0.05) is 89.4 Å². The van der Waals surface area contributed by atoms with Crippen molar-refractivity contribution >= 4 is 84.4 Å². The maximum absolute atomic E-state index is 13.3. The predicted octanol–water partition coefficient (Wildman–Crippen LogP) is 7.93. The van der Waals surface area contributed by atoms with Crippen LogP contribution in [0.2, 0.25) is 18.6 Å². The van der Waals surface area contributed by atoms with Crippen molar-refractivity contribution < 1.29 is 61.0 Å². The largest absolute Gasteiger partial charge is 0.500 e.